The zero-order chi connectivity index (χ0) is 17.1. The summed E-state index contributed by atoms with van der Waals surface area (Å²) in [4.78, 5) is 14.5. The molecule has 0 unspecified atom stereocenters. The molecule has 24 heavy (non-hydrogen) atoms. The Morgan fingerprint density at radius 2 is 1.96 bits per heavy atom. The number of amides is 1. The first-order valence-corrected chi connectivity index (χ1v) is 8.98. The summed E-state index contributed by atoms with van der Waals surface area (Å²) in [5, 5.41) is 11.2. The number of benzene rings is 1. The summed E-state index contributed by atoms with van der Waals surface area (Å²) in [5.74, 6) is 1.36. The standard InChI is InChI=1S/C18H21BrN4O/c1-12-7-9-23(10-8-12)17-6-5-16(21-22-17)18(24)20-14-4-3-13(2)15(19)11-14/h3-6,11-12H,7-10H2,1-2H3,(H,20,24). The van der Waals surface area contributed by atoms with E-state index in [0.717, 1.165) is 40.5 Å². The summed E-state index contributed by atoms with van der Waals surface area (Å²) >= 11 is 3.47. The minimum Gasteiger partial charge on any atom is -0.355 e. The molecule has 0 bridgehead atoms. The van der Waals surface area contributed by atoms with Crippen LogP contribution in [0, 0.1) is 12.8 Å². The zero-order valence-corrected chi connectivity index (χ0v) is 15.5. The van der Waals surface area contributed by atoms with Gasteiger partial charge in [0.25, 0.3) is 5.91 Å². The van der Waals surface area contributed by atoms with Crippen LogP contribution in [0.1, 0.15) is 35.8 Å². The predicted molar refractivity (Wildman–Crippen MR) is 99.5 cm³/mol. The van der Waals surface area contributed by atoms with Gasteiger partial charge in [0.15, 0.2) is 11.5 Å². The molecule has 2 heterocycles. The van der Waals surface area contributed by atoms with Crippen molar-refractivity contribution in [3.63, 3.8) is 0 Å². The van der Waals surface area contributed by atoms with Gasteiger partial charge in [0, 0.05) is 23.2 Å². The van der Waals surface area contributed by atoms with Crippen molar-refractivity contribution in [3.05, 3.63) is 46.1 Å². The van der Waals surface area contributed by atoms with Crippen LogP contribution in [-0.2, 0) is 0 Å². The van der Waals surface area contributed by atoms with E-state index in [2.05, 4.69) is 43.3 Å². The van der Waals surface area contributed by atoms with Gasteiger partial charge in [0.1, 0.15) is 0 Å². The lowest BCUT2D eigenvalue weighted by Gasteiger charge is -2.30. The minimum absolute atomic E-state index is 0.253. The van der Waals surface area contributed by atoms with E-state index in [9.17, 15) is 4.79 Å². The molecule has 0 saturated carbocycles. The first-order valence-electron chi connectivity index (χ1n) is 8.19. The zero-order valence-electron chi connectivity index (χ0n) is 13.9. The molecule has 0 radical (unpaired) electrons. The van der Waals surface area contributed by atoms with Crippen molar-refractivity contribution < 1.29 is 4.79 Å². The van der Waals surface area contributed by atoms with E-state index >= 15 is 0 Å². The molecule has 0 spiro atoms. The molecule has 1 saturated heterocycles. The first-order chi connectivity index (χ1) is 11.5. The summed E-state index contributed by atoms with van der Waals surface area (Å²) < 4.78 is 0.959. The second kappa shape index (κ2) is 7.30. The molecule has 0 aliphatic carbocycles. The van der Waals surface area contributed by atoms with E-state index in [4.69, 9.17) is 0 Å². The van der Waals surface area contributed by atoms with E-state index in [0.29, 0.717) is 5.69 Å². The number of piperidine rings is 1. The Hall–Kier alpha value is -1.95. The van der Waals surface area contributed by atoms with Gasteiger partial charge in [-0.05, 0) is 55.5 Å². The van der Waals surface area contributed by atoms with Crippen molar-refractivity contribution in [3.8, 4) is 0 Å². The fourth-order valence-corrected chi connectivity index (χ4v) is 3.10. The smallest absolute Gasteiger partial charge is 0.276 e. The molecule has 1 amide bonds. The number of hydrogen-bond donors (Lipinski definition) is 1. The van der Waals surface area contributed by atoms with Crippen LogP contribution in [0.4, 0.5) is 11.5 Å². The van der Waals surface area contributed by atoms with E-state index in [1.807, 2.05) is 31.2 Å². The molecule has 1 aromatic heterocycles. The number of anilines is 2. The molecule has 1 aliphatic rings. The molecule has 1 N–H and O–H groups in total. The Balaban J connectivity index is 1.66. The monoisotopic (exact) mass is 388 g/mol. The van der Waals surface area contributed by atoms with Crippen LogP contribution in [0.15, 0.2) is 34.8 Å². The van der Waals surface area contributed by atoms with E-state index in [-0.39, 0.29) is 5.91 Å². The third kappa shape index (κ3) is 3.93. The predicted octanol–water partition coefficient (Wildman–Crippen LogP) is 4.04. The van der Waals surface area contributed by atoms with Crippen molar-refractivity contribution in [2.45, 2.75) is 26.7 Å². The number of carbonyl (C=O) groups excluding carboxylic acids is 1. The van der Waals surface area contributed by atoms with Gasteiger partial charge in [0.05, 0.1) is 0 Å². The van der Waals surface area contributed by atoms with Crippen LogP contribution >= 0.6 is 15.9 Å². The van der Waals surface area contributed by atoms with Gasteiger partial charge in [-0.1, -0.05) is 28.9 Å². The van der Waals surface area contributed by atoms with Gasteiger partial charge in [-0.25, -0.2) is 0 Å². The van der Waals surface area contributed by atoms with Gasteiger partial charge in [-0.2, -0.15) is 0 Å². The Labute approximate surface area is 150 Å². The Morgan fingerprint density at radius 1 is 1.21 bits per heavy atom. The summed E-state index contributed by atoms with van der Waals surface area (Å²) in [6.07, 6.45) is 2.35. The summed E-state index contributed by atoms with van der Waals surface area (Å²) in [6.45, 7) is 6.28. The second-order valence-corrected chi connectivity index (χ2v) is 7.22. The third-order valence-corrected chi connectivity index (χ3v) is 5.27. The lowest BCUT2D eigenvalue weighted by molar-refractivity contribution is 0.102. The highest BCUT2D eigenvalue weighted by molar-refractivity contribution is 9.10. The quantitative estimate of drug-likeness (QED) is 0.861. The number of rotatable bonds is 3. The number of carbonyl (C=O) groups is 1. The molecular weight excluding hydrogens is 368 g/mol. The van der Waals surface area contributed by atoms with E-state index < -0.39 is 0 Å². The van der Waals surface area contributed by atoms with Crippen LogP contribution in [0.2, 0.25) is 0 Å². The first kappa shape index (κ1) is 16.9. The average Bonchev–Trinajstić information content (AvgIpc) is 2.59. The molecule has 126 valence electrons. The lowest BCUT2D eigenvalue weighted by atomic mass is 9.99. The van der Waals surface area contributed by atoms with Crippen molar-refractivity contribution in [2.75, 3.05) is 23.3 Å². The highest BCUT2D eigenvalue weighted by atomic mass is 79.9. The molecule has 1 aliphatic heterocycles. The molecule has 1 fully saturated rings. The van der Waals surface area contributed by atoms with Gasteiger partial charge in [0.2, 0.25) is 0 Å². The highest BCUT2D eigenvalue weighted by Gasteiger charge is 2.18. The normalized spacial score (nSPS) is 15.4. The fourth-order valence-electron chi connectivity index (χ4n) is 2.72. The maximum Gasteiger partial charge on any atom is 0.276 e. The van der Waals surface area contributed by atoms with Crippen molar-refractivity contribution in [2.24, 2.45) is 5.92 Å². The Morgan fingerprint density at radius 3 is 2.58 bits per heavy atom. The number of nitrogens with zero attached hydrogens (tertiary/aromatic N) is 3. The number of aryl methyl sites for hydroxylation is 1. The van der Waals surface area contributed by atoms with E-state index in [1.54, 1.807) is 6.07 Å². The van der Waals surface area contributed by atoms with Gasteiger partial charge >= 0.3 is 0 Å². The molecule has 5 nitrogen and oxygen atoms in total. The molecule has 2 aromatic rings. The minimum atomic E-state index is -0.253. The summed E-state index contributed by atoms with van der Waals surface area (Å²) in [6, 6.07) is 9.31. The molecule has 0 atom stereocenters. The maximum absolute atomic E-state index is 12.3. The van der Waals surface area contributed by atoms with Crippen LogP contribution in [0.25, 0.3) is 0 Å². The molecule has 1 aromatic carbocycles. The SMILES string of the molecule is Cc1ccc(NC(=O)c2ccc(N3CCC(C)CC3)nn2)cc1Br. The Kier molecular flexibility index (Phi) is 5.14. The van der Waals surface area contributed by atoms with Crippen molar-refractivity contribution in [1.29, 1.82) is 0 Å². The number of aromatic nitrogens is 2. The van der Waals surface area contributed by atoms with Crippen molar-refractivity contribution in [1.82, 2.24) is 10.2 Å². The number of halogens is 1. The Bertz CT molecular complexity index is 724. The number of hydrogen-bond acceptors (Lipinski definition) is 4. The average molecular weight is 389 g/mol. The highest BCUT2D eigenvalue weighted by Crippen LogP contribution is 2.22. The fraction of sp³-hybridized carbons (Fsp3) is 0.389. The third-order valence-electron chi connectivity index (χ3n) is 4.42. The van der Waals surface area contributed by atoms with Crippen LogP contribution in [0.3, 0.4) is 0 Å². The van der Waals surface area contributed by atoms with Crippen LogP contribution < -0.4 is 10.2 Å². The van der Waals surface area contributed by atoms with Gasteiger partial charge in [-0.15, -0.1) is 10.2 Å². The largest absolute Gasteiger partial charge is 0.355 e. The van der Waals surface area contributed by atoms with Crippen LogP contribution in [0.5, 0.6) is 0 Å². The second-order valence-electron chi connectivity index (χ2n) is 6.36. The van der Waals surface area contributed by atoms with Gasteiger partial charge < -0.3 is 10.2 Å². The molecule has 6 heteroatoms. The molecule has 3 rings (SSSR count). The molecular formula is C18H21BrN4O. The van der Waals surface area contributed by atoms with Gasteiger partial charge in [-0.3, -0.25) is 4.79 Å². The number of nitrogens with one attached hydrogen (secondary N) is 1. The maximum atomic E-state index is 12.3. The van der Waals surface area contributed by atoms with E-state index in [1.165, 1.54) is 12.8 Å². The summed E-state index contributed by atoms with van der Waals surface area (Å²) in [5.41, 5.74) is 2.17. The van der Waals surface area contributed by atoms with Crippen molar-refractivity contribution >= 4 is 33.3 Å². The lowest BCUT2D eigenvalue weighted by Crippen LogP contribution is -2.33. The summed E-state index contributed by atoms with van der Waals surface area (Å²) in [7, 11) is 0. The topological polar surface area (TPSA) is 58.1 Å². The van der Waals surface area contributed by atoms with Crippen LogP contribution in [-0.4, -0.2) is 29.2 Å².